The number of likely N-dealkylation sites (tertiary alicyclic amines) is 1. The molecule has 1 saturated heterocycles. The summed E-state index contributed by atoms with van der Waals surface area (Å²) in [4.78, 5) is 14.1. The molecule has 0 amide bonds. The summed E-state index contributed by atoms with van der Waals surface area (Å²) < 4.78 is 6.92. The average molecular weight is 265 g/mol. The number of aryl methyl sites for hydroxylation is 1. The molecule has 0 N–H and O–H groups in total. The minimum atomic E-state index is -0.0191. The summed E-state index contributed by atoms with van der Waals surface area (Å²) in [5, 5.41) is 4.17. The van der Waals surface area contributed by atoms with Crippen molar-refractivity contribution in [2.45, 2.75) is 26.2 Å². The average Bonchev–Trinajstić information content (AvgIpc) is 2.83. The van der Waals surface area contributed by atoms with Gasteiger partial charge in [0.15, 0.2) is 0 Å². The number of hydrogen-bond donors (Lipinski definition) is 0. The van der Waals surface area contributed by atoms with Crippen molar-refractivity contribution in [3.05, 3.63) is 18.0 Å². The van der Waals surface area contributed by atoms with Gasteiger partial charge in [-0.1, -0.05) is 0 Å². The molecule has 0 saturated carbocycles. The molecule has 5 nitrogen and oxygen atoms in total. The van der Waals surface area contributed by atoms with E-state index in [1.807, 2.05) is 24.9 Å². The van der Waals surface area contributed by atoms with Gasteiger partial charge in [0.1, 0.15) is 0 Å². The molecule has 106 valence electrons. The van der Waals surface area contributed by atoms with Crippen LogP contribution in [0.3, 0.4) is 0 Å². The summed E-state index contributed by atoms with van der Waals surface area (Å²) in [7, 11) is 1.94. The number of rotatable bonds is 5. The number of piperidine rings is 1. The van der Waals surface area contributed by atoms with Crippen LogP contribution in [0, 0.1) is 5.92 Å². The molecule has 1 aliphatic heterocycles. The molecule has 2 heterocycles. The first kappa shape index (κ1) is 14.1. The normalized spacial score (nSPS) is 17.6. The highest BCUT2D eigenvalue weighted by atomic mass is 16.5. The smallest absolute Gasteiger partial charge is 0.309 e. The maximum atomic E-state index is 11.6. The number of ether oxygens (including phenoxy) is 1. The Kier molecular flexibility index (Phi) is 4.96. The number of nitrogens with zero attached hydrogens (tertiary/aromatic N) is 3. The van der Waals surface area contributed by atoms with E-state index in [4.69, 9.17) is 4.74 Å². The van der Waals surface area contributed by atoms with Crippen molar-refractivity contribution in [3.8, 4) is 0 Å². The van der Waals surface area contributed by atoms with Gasteiger partial charge in [-0.3, -0.25) is 9.48 Å². The van der Waals surface area contributed by atoms with Crippen LogP contribution in [-0.2, 0) is 23.0 Å². The highest BCUT2D eigenvalue weighted by Gasteiger charge is 2.25. The predicted molar refractivity (Wildman–Crippen MR) is 72.7 cm³/mol. The molecule has 0 spiro atoms. The third kappa shape index (κ3) is 4.06. The van der Waals surface area contributed by atoms with Gasteiger partial charge >= 0.3 is 5.97 Å². The Bertz CT molecular complexity index is 409. The van der Waals surface area contributed by atoms with Crippen LogP contribution < -0.4 is 0 Å². The van der Waals surface area contributed by atoms with Gasteiger partial charge in [-0.05, 0) is 44.8 Å². The number of carbonyl (C=O) groups is 1. The number of aromatic nitrogens is 2. The zero-order valence-electron chi connectivity index (χ0n) is 11.8. The van der Waals surface area contributed by atoms with Gasteiger partial charge in [0.25, 0.3) is 0 Å². The third-order valence-corrected chi connectivity index (χ3v) is 3.68. The fourth-order valence-corrected chi connectivity index (χ4v) is 2.54. The molecule has 0 bridgehead atoms. The fraction of sp³-hybridized carbons (Fsp3) is 0.714. The minimum absolute atomic E-state index is 0.0191. The van der Waals surface area contributed by atoms with E-state index >= 15 is 0 Å². The van der Waals surface area contributed by atoms with Gasteiger partial charge in [0.05, 0.1) is 18.7 Å². The molecule has 1 aliphatic rings. The van der Waals surface area contributed by atoms with E-state index < -0.39 is 0 Å². The van der Waals surface area contributed by atoms with Gasteiger partial charge in [-0.2, -0.15) is 5.10 Å². The van der Waals surface area contributed by atoms with Gasteiger partial charge in [0.2, 0.25) is 0 Å². The molecule has 19 heavy (non-hydrogen) atoms. The summed E-state index contributed by atoms with van der Waals surface area (Å²) in [6.07, 6.45) is 6.85. The lowest BCUT2D eigenvalue weighted by molar-refractivity contribution is -0.149. The molecule has 0 atom stereocenters. The highest BCUT2D eigenvalue weighted by Crippen LogP contribution is 2.18. The van der Waals surface area contributed by atoms with Crippen molar-refractivity contribution in [1.29, 1.82) is 0 Å². The quantitative estimate of drug-likeness (QED) is 0.752. The largest absolute Gasteiger partial charge is 0.466 e. The van der Waals surface area contributed by atoms with Crippen molar-refractivity contribution in [3.63, 3.8) is 0 Å². The van der Waals surface area contributed by atoms with E-state index in [1.165, 1.54) is 5.56 Å². The zero-order chi connectivity index (χ0) is 13.7. The standard InChI is InChI=1S/C14H23N3O2/c1-3-19-14(18)13-5-8-17(9-6-13)7-4-12-10-15-16(2)11-12/h10-11,13H,3-9H2,1-2H3. The van der Waals surface area contributed by atoms with E-state index in [0.29, 0.717) is 6.61 Å². The second-order valence-corrected chi connectivity index (χ2v) is 5.14. The van der Waals surface area contributed by atoms with Gasteiger partial charge in [-0.15, -0.1) is 0 Å². The van der Waals surface area contributed by atoms with Crippen LogP contribution >= 0.6 is 0 Å². The molecule has 0 radical (unpaired) electrons. The lowest BCUT2D eigenvalue weighted by Crippen LogP contribution is -2.38. The Morgan fingerprint density at radius 1 is 1.47 bits per heavy atom. The summed E-state index contributed by atoms with van der Waals surface area (Å²) in [6, 6.07) is 0. The number of hydrogen-bond acceptors (Lipinski definition) is 4. The lowest BCUT2D eigenvalue weighted by Gasteiger charge is -2.30. The van der Waals surface area contributed by atoms with Crippen LogP contribution in [-0.4, -0.2) is 46.9 Å². The molecule has 2 rings (SSSR count). The summed E-state index contributed by atoms with van der Waals surface area (Å²) in [5.74, 6) is 0.0870. The molecular weight excluding hydrogens is 242 g/mol. The van der Waals surface area contributed by atoms with Crippen LogP contribution in [0.5, 0.6) is 0 Å². The van der Waals surface area contributed by atoms with Crippen LogP contribution in [0.25, 0.3) is 0 Å². The number of carbonyl (C=O) groups excluding carboxylic acids is 1. The summed E-state index contributed by atoms with van der Waals surface area (Å²) >= 11 is 0. The highest BCUT2D eigenvalue weighted by molar-refractivity contribution is 5.72. The topological polar surface area (TPSA) is 47.4 Å². The fourth-order valence-electron chi connectivity index (χ4n) is 2.54. The van der Waals surface area contributed by atoms with Crippen molar-refractivity contribution >= 4 is 5.97 Å². The first-order valence-corrected chi connectivity index (χ1v) is 7.05. The predicted octanol–water partition coefficient (Wildman–Crippen LogP) is 1.24. The van der Waals surface area contributed by atoms with Crippen LogP contribution in [0.15, 0.2) is 12.4 Å². The maximum Gasteiger partial charge on any atom is 0.309 e. The van der Waals surface area contributed by atoms with Crippen LogP contribution in [0.4, 0.5) is 0 Å². The van der Waals surface area contributed by atoms with E-state index in [0.717, 1.165) is 38.9 Å². The second kappa shape index (κ2) is 6.70. The van der Waals surface area contributed by atoms with Crippen molar-refractivity contribution in [2.24, 2.45) is 13.0 Å². The maximum absolute atomic E-state index is 11.6. The summed E-state index contributed by atoms with van der Waals surface area (Å²) in [6.45, 7) is 5.37. The van der Waals surface area contributed by atoms with E-state index in [-0.39, 0.29) is 11.9 Å². The van der Waals surface area contributed by atoms with Crippen molar-refractivity contribution in [2.75, 3.05) is 26.2 Å². The lowest BCUT2D eigenvalue weighted by atomic mass is 9.97. The summed E-state index contributed by atoms with van der Waals surface area (Å²) in [5.41, 5.74) is 1.27. The molecule has 5 heteroatoms. The Hall–Kier alpha value is -1.36. The van der Waals surface area contributed by atoms with Crippen LogP contribution in [0.2, 0.25) is 0 Å². The minimum Gasteiger partial charge on any atom is -0.466 e. The molecule has 0 aliphatic carbocycles. The van der Waals surface area contributed by atoms with Gasteiger partial charge < -0.3 is 9.64 Å². The Balaban J connectivity index is 1.70. The third-order valence-electron chi connectivity index (χ3n) is 3.68. The Morgan fingerprint density at radius 2 is 2.21 bits per heavy atom. The molecular formula is C14H23N3O2. The molecule has 1 fully saturated rings. The Labute approximate surface area is 114 Å². The van der Waals surface area contributed by atoms with Gasteiger partial charge in [0, 0.05) is 19.8 Å². The van der Waals surface area contributed by atoms with Crippen molar-refractivity contribution < 1.29 is 9.53 Å². The number of esters is 1. The first-order valence-electron chi connectivity index (χ1n) is 7.05. The second-order valence-electron chi connectivity index (χ2n) is 5.14. The van der Waals surface area contributed by atoms with E-state index in [9.17, 15) is 4.79 Å². The Morgan fingerprint density at radius 3 is 2.79 bits per heavy atom. The molecule has 0 unspecified atom stereocenters. The van der Waals surface area contributed by atoms with E-state index in [1.54, 1.807) is 0 Å². The molecule has 1 aromatic rings. The zero-order valence-corrected chi connectivity index (χ0v) is 11.8. The van der Waals surface area contributed by atoms with Crippen molar-refractivity contribution in [1.82, 2.24) is 14.7 Å². The molecule has 1 aromatic heterocycles. The van der Waals surface area contributed by atoms with E-state index in [2.05, 4.69) is 16.2 Å². The SMILES string of the molecule is CCOC(=O)C1CCN(CCc2cnn(C)c2)CC1. The monoisotopic (exact) mass is 265 g/mol. The molecule has 0 aromatic carbocycles. The van der Waals surface area contributed by atoms with Gasteiger partial charge in [-0.25, -0.2) is 0 Å². The first-order chi connectivity index (χ1) is 9.19. The van der Waals surface area contributed by atoms with Crippen LogP contribution in [0.1, 0.15) is 25.3 Å².